The highest BCUT2D eigenvalue weighted by atomic mass is 32.2. The summed E-state index contributed by atoms with van der Waals surface area (Å²) in [6.45, 7) is 0.183. The average molecular weight is 482 g/mol. The average Bonchev–Trinajstić information content (AvgIpc) is 3.14. The van der Waals surface area contributed by atoms with E-state index in [1.165, 1.54) is 47.4 Å². The number of imide groups is 1. The van der Waals surface area contributed by atoms with Crippen LogP contribution in [0.15, 0.2) is 77.7 Å². The molecule has 3 aromatic carbocycles. The molecule has 0 radical (unpaired) electrons. The molecule has 0 saturated carbocycles. The summed E-state index contributed by atoms with van der Waals surface area (Å²) in [5.41, 5.74) is 1.29. The molecule has 2 N–H and O–H groups in total. The predicted molar refractivity (Wildman–Crippen MR) is 123 cm³/mol. The molecule has 0 aliphatic carbocycles. The van der Waals surface area contributed by atoms with E-state index in [9.17, 15) is 27.2 Å². The van der Waals surface area contributed by atoms with Crippen LogP contribution in [-0.2, 0) is 26.2 Å². The number of likely N-dealkylation sites (tertiary alicyclic amines) is 1. The van der Waals surface area contributed by atoms with E-state index in [0.29, 0.717) is 5.69 Å². The minimum Gasteiger partial charge on any atom is -0.322 e. The van der Waals surface area contributed by atoms with Crippen molar-refractivity contribution in [2.45, 2.75) is 24.3 Å². The van der Waals surface area contributed by atoms with E-state index in [-0.39, 0.29) is 47.3 Å². The van der Waals surface area contributed by atoms with Gasteiger partial charge in [-0.3, -0.25) is 24.0 Å². The molecule has 10 heteroatoms. The SMILES string of the molecule is O=C(Nc1ccc(CN2C(=O)CCC2=O)cc1)c1ccc(S(=O)(=O)Nc2ccccc2F)cc1. The van der Waals surface area contributed by atoms with Crippen LogP contribution in [-0.4, -0.2) is 31.0 Å². The number of nitrogens with zero attached hydrogens (tertiary/aromatic N) is 1. The van der Waals surface area contributed by atoms with E-state index < -0.39 is 21.7 Å². The van der Waals surface area contributed by atoms with Crippen LogP contribution < -0.4 is 10.0 Å². The van der Waals surface area contributed by atoms with E-state index in [1.807, 2.05) is 0 Å². The largest absolute Gasteiger partial charge is 0.322 e. The van der Waals surface area contributed by atoms with Crippen molar-refractivity contribution in [1.29, 1.82) is 0 Å². The molecule has 1 saturated heterocycles. The molecule has 0 spiro atoms. The van der Waals surface area contributed by atoms with Crippen LogP contribution in [0.2, 0.25) is 0 Å². The van der Waals surface area contributed by atoms with E-state index >= 15 is 0 Å². The van der Waals surface area contributed by atoms with E-state index in [1.54, 1.807) is 24.3 Å². The molecule has 0 aromatic heterocycles. The summed E-state index contributed by atoms with van der Waals surface area (Å²) in [7, 11) is -4.03. The number of benzene rings is 3. The summed E-state index contributed by atoms with van der Waals surface area (Å²) in [4.78, 5) is 37.1. The van der Waals surface area contributed by atoms with E-state index in [4.69, 9.17) is 0 Å². The maximum Gasteiger partial charge on any atom is 0.261 e. The molecule has 174 valence electrons. The number of hydrogen-bond donors (Lipinski definition) is 2. The smallest absolute Gasteiger partial charge is 0.261 e. The fourth-order valence-electron chi connectivity index (χ4n) is 3.41. The zero-order valence-corrected chi connectivity index (χ0v) is 18.6. The lowest BCUT2D eigenvalue weighted by molar-refractivity contribution is -0.139. The van der Waals surface area contributed by atoms with Crippen molar-refractivity contribution in [3.05, 3.63) is 89.7 Å². The molecule has 0 unspecified atom stereocenters. The quantitative estimate of drug-likeness (QED) is 0.502. The lowest BCUT2D eigenvalue weighted by Crippen LogP contribution is -2.28. The molecule has 4 rings (SSSR count). The van der Waals surface area contributed by atoms with Gasteiger partial charge in [-0.1, -0.05) is 24.3 Å². The Morgan fingerprint density at radius 2 is 1.50 bits per heavy atom. The molecule has 3 amide bonds. The van der Waals surface area contributed by atoms with Crippen molar-refractivity contribution in [1.82, 2.24) is 4.90 Å². The van der Waals surface area contributed by atoms with Crippen molar-refractivity contribution >= 4 is 39.1 Å². The summed E-state index contributed by atoms with van der Waals surface area (Å²) in [5, 5.41) is 2.70. The Hall–Kier alpha value is -4.05. The number of hydrogen-bond acceptors (Lipinski definition) is 5. The van der Waals surface area contributed by atoms with E-state index in [0.717, 1.165) is 11.6 Å². The van der Waals surface area contributed by atoms with Crippen LogP contribution >= 0.6 is 0 Å². The molecule has 0 atom stereocenters. The second-order valence-corrected chi connectivity index (χ2v) is 9.32. The molecule has 8 nitrogen and oxygen atoms in total. The highest BCUT2D eigenvalue weighted by molar-refractivity contribution is 7.92. The third kappa shape index (κ3) is 5.12. The molecule has 3 aromatic rings. The number of halogens is 1. The van der Waals surface area contributed by atoms with Crippen molar-refractivity contribution in [3.8, 4) is 0 Å². The highest BCUT2D eigenvalue weighted by Gasteiger charge is 2.28. The zero-order chi connectivity index (χ0) is 24.3. The molecule has 1 aliphatic heterocycles. The van der Waals surface area contributed by atoms with Gasteiger partial charge in [0, 0.05) is 24.1 Å². The predicted octanol–water partition coefficient (Wildman–Crippen LogP) is 3.53. The number of carbonyl (C=O) groups is 3. The Labute approximate surface area is 195 Å². The first-order valence-corrected chi connectivity index (χ1v) is 11.8. The number of amides is 3. The van der Waals surface area contributed by atoms with Crippen LogP contribution in [0, 0.1) is 5.82 Å². The Balaban J connectivity index is 1.39. The number of nitrogens with one attached hydrogen (secondary N) is 2. The number of rotatable bonds is 7. The van der Waals surface area contributed by atoms with Crippen molar-refractivity contribution in [3.63, 3.8) is 0 Å². The van der Waals surface area contributed by atoms with E-state index in [2.05, 4.69) is 10.0 Å². The monoisotopic (exact) mass is 481 g/mol. The van der Waals surface area contributed by atoms with Crippen LogP contribution in [0.5, 0.6) is 0 Å². The van der Waals surface area contributed by atoms with Gasteiger partial charge >= 0.3 is 0 Å². The van der Waals surface area contributed by atoms with Gasteiger partial charge in [0.05, 0.1) is 17.1 Å². The standard InChI is InChI=1S/C24H20FN3O5S/c25-20-3-1-2-4-21(20)27-34(32,33)19-11-7-17(8-12-19)24(31)26-18-9-5-16(6-10-18)15-28-22(29)13-14-23(28)30/h1-12,27H,13-15H2,(H,26,31). The summed E-state index contributed by atoms with van der Waals surface area (Å²) in [6, 6.07) is 17.3. The van der Waals surface area contributed by atoms with Gasteiger partial charge in [-0.2, -0.15) is 0 Å². The second-order valence-electron chi connectivity index (χ2n) is 7.63. The number of sulfonamides is 1. The van der Waals surface area contributed by atoms with Gasteiger partial charge in [0.25, 0.3) is 15.9 Å². The highest BCUT2D eigenvalue weighted by Crippen LogP contribution is 2.20. The first-order valence-electron chi connectivity index (χ1n) is 10.3. The normalized spacial score (nSPS) is 13.7. The van der Waals surface area contributed by atoms with Gasteiger partial charge in [-0.25, -0.2) is 12.8 Å². The lowest BCUT2D eigenvalue weighted by atomic mass is 10.1. The molecule has 0 bridgehead atoms. The van der Waals surface area contributed by atoms with Gasteiger partial charge in [0.1, 0.15) is 5.82 Å². The third-order valence-electron chi connectivity index (χ3n) is 5.25. The van der Waals surface area contributed by atoms with Gasteiger partial charge in [0.15, 0.2) is 0 Å². The minimum absolute atomic E-state index is 0.123. The minimum atomic E-state index is -4.03. The van der Waals surface area contributed by atoms with Crippen molar-refractivity contribution < 1.29 is 27.2 Å². The van der Waals surface area contributed by atoms with Crippen LogP contribution in [0.25, 0.3) is 0 Å². The fraction of sp³-hybridized carbons (Fsp3) is 0.125. The Bertz CT molecular complexity index is 1340. The molecular weight excluding hydrogens is 461 g/mol. The van der Waals surface area contributed by atoms with Gasteiger partial charge in [-0.05, 0) is 54.1 Å². The van der Waals surface area contributed by atoms with Crippen LogP contribution in [0.1, 0.15) is 28.8 Å². The summed E-state index contributed by atoms with van der Waals surface area (Å²) in [5.74, 6) is -1.55. The topological polar surface area (TPSA) is 113 Å². The maximum atomic E-state index is 13.8. The van der Waals surface area contributed by atoms with Gasteiger partial charge in [-0.15, -0.1) is 0 Å². The summed E-state index contributed by atoms with van der Waals surface area (Å²) in [6.07, 6.45) is 0.457. The summed E-state index contributed by atoms with van der Waals surface area (Å²) < 4.78 is 40.9. The molecule has 1 aliphatic rings. The maximum absolute atomic E-state index is 13.8. The van der Waals surface area contributed by atoms with Crippen LogP contribution in [0.4, 0.5) is 15.8 Å². The lowest BCUT2D eigenvalue weighted by Gasteiger charge is -2.14. The number of anilines is 2. The summed E-state index contributed by atoms with van der Waals surface area (Å²) >= 11 is 0. The van der Waals surface area contributed by atoms with Gasteiger partial charge in [0.2, 0.25) is 11.8 Å². The molecule has 34 heavy (non-hydrogen) atoms. The van der Waals surface area contributed by atoms with Crippen LogP contribution in [0.3, 0.4) is 0 Å². The van der Waals surface area contributed by atoms with Crippen molar-refractivity contribution in [2.75, 3.05) is 10.0 Å². The zero-order valence-electron chi connectivity index (χ0n) is 17.8. The third-order valence-corrected chi connectivity index (χ3v) is 6.63. The Morgan fingerprint density at radius 1 is 0.882 bits per heavy atom. The Morgan fingerprint density at radius 3 is 2.12 bits per heavy atom. The van der Waals surface area contributed by atoms with Gasteiger partial charge < -0.3 is 5.32 Å². The Kier molecular flexibility index (Phi) is 6.42. The number of para-hydroxylation sites is 1. The van der Waals surface area contributed by atoms with Crippen molar-refractivity contribution in [2.24, 2.45) is 0 Å². The first-order chi connectivity index (χ1) is 16.2. The fourth-order valence-corrected chi connectivity index (χ4v) is 4.48. The number of carbonyl (C=O) groups excluding carboxylic acids is 3. The molecule has 1 heterocycles. The molecule has 1 fully saturated rings. The molecular formula is C24H20FN3O5S. The first kappa shape index (κ1) is 23.1. The second kappa shape index (κ2) is 9.44.